The molecule has 10 heteroatoms. The maximum absolute atomic E-state index is 12.9. The first-order valence-electron chi connectivity index (χ1n) is 12.9. The van der Waals surface area contributed by atoms with Crippen molar-refractivity contribution in [1.29, 1.82) is 0 Å². The van der Waals surface area contributed by atoms with Gasteiger partial charge in [-0.1, -0.05) is 6.92 Å². The van der Waals surface area contributed by atoms with Crippen LogP contribution in [-0.2, 0) is 4.79 Å². The number of H-pyrrole nitrogens is 1. The number of nitrogens with zero attached hydrogens (tertiary/aromatic N) is 5. The van der Waals surface area contributed by atoms with Gasteiger partial charge in [-0.3, -0.25) is 4.79 Å². The van der Waals surface area contributed by atoms with Crippen LogP contribution in [-0.4, -0.2) is 88.1 Å². The molecule has 2 saturated carbocycles. The lowest BCUT2D eigenvalue weighted by atomic mass is 10.1. The maximum Gasteiger partial charge on any atom is 0.228 e. The summed E-state index contributed by atoms with van der Waals surface area (Å²) in [6.45, 7) is 8.77. The van der Waals surface area contributed by atoms with E-state index in [0.29, 0.717) is 34.7 Å². The number of hydrogen-bond acceptors (Lipinski definition) is 8. The van der Waals surface area contributed by atoms with Gasteiger partial charge < -0.3 is 29.6 Å². The van der Waals surface area contributed by atoms with E-state index in [-0.39, 0.29) is 17.9 Å². The van der Waals surface area contributed by atoms with Gasteiger partial charge in [-0.05, 0) is 43.9 Å². The van der Waals surface area contributed by atoms with E-state index in [1.165, 1.54) is 6.33 Å². The van der Waals surface area contributed by atoms with Crippen LogP contribution in [0.25, 0.3) is 22.2 Å². The number of hydrogen-bond donors (Lipinski definition) is 2. The molecule has 1 amide bonds. The summed E-state index contributed by atoms with van der Waals surface area (Å²) in [6.07, 6.45) is 6.52. The fraction of sp³-hybridized carbons (Fsp3) is 0.538. The average molecular weight is 492 g/mol. The number of anilines is 1. The molecule has 3 fully saturated rings. The van der Waals surface area contributed by atoms with Gasteiger partial charge in [0.15, 0.2) is 0 Å². The van der Waals surface area contributed by atoms with Crippen molar-refractivity contribution >= 4 is 22.8 Å². The van der Waals surface area contributed by atoms with E-state index < -0.39 is 0 Å². The number of amides is 1. The van der Waals surface area contributed by atoms with Crippen LogP contribution in [0.2, 0.25) is 0 Å². The van der Waals surface area contributed by atoms with E-state index >= 15 is 0 Å². The van der Waals surface area contributed by atoms with Gasteiger partial charge in [0.1, 0.15) is 29.5 Å². The third kappa shape index (κ3) is 4.75. The molecule has 2 N–H and O–H groups in total. The van der Waals surface area contributed by atoms with Crippen molar-refractivity contribution in [2.75, 3.05) is 51.7 Å². The number of rotatable bonds is 9. The highest BCUT2D eigenvalue weighted by Gasteiger charge is 2.44. The number of carbonyl (C=O) groups is 1. The maximum atomic E-state index is 12.9. The highest BCUT2D eigenvalue weighted by atomic mass is 16.5. The summed E-state index contributed by atoms with van der Waals surface area (Å²) in [4.78, 5) is 34.4. The first kappa shape index (κ1) is 23.2. The van der Waals surface area contributed by atoms with Crippen LogP contribution in [0.1, 0.15) is 26.2 Å². The Balaban J connectivity index is 1.13. The van der Waals surface area contributed by atoms with Crippen molar-refractivity contribution in [3.63, 3.8) is 0 Å². The molecular formula is C26H33N7O3. The number of aromatic nitrogens is 4. The lowest BCUT2D eigenvalue weighted by Crippen LogP contribution is -2.46. The second-order valence-electron chi connectivity index (χ2n) is 10.0. The van der Waals surface area contributed by atoms with E-state index in [1.54, 1.807) is 7.11 Å². The normalized spacial score (nSPS) is 22.5. The number of methoxy groups -OCH3 is 1. The Morgan fingerprint density at radius 2 is 1.92 bits per heavy atom. The molecule has 3 aromatic heterocycles. The second-order valence-corrected chi connectivity index (χ2v) is 10.0. The van der Waals surface area contributed by atoms with Crippen LogP contribution in [0, 0.1) is 11.8 Å². The quantitative estimate of drug-likeness (QED) is 0.470. The largest absolute Gasteiger partial charge is 0.480 e. The molecule has 0 bridgehead atoms. The highest BCUT2D eigenvalue weighted by molar-refractivity contribution is 5.99. The zero-order valence-electron chi connectivity index (χ0n) is 20.9. The summed E-state index contributed by atoms with van der Waals surface area (Å²) in [7, 11) is 1.59. The SMILES string of the molecule is CCN1CCN(C[C@@H]2C[C@H]2C(=O)Nc2ccc3c(-c4c(OC)ncnc4OC4CC4)c[nH]c3n2)CC1. The minimum Gasteiger partial charge on any atom is -0.480 e. The lowest BCUT2D eigenvalue weighted by Gasteiger charge is -2.34. The monoisotopic (exact) mass is 491 g/mol. The Morgan fingerprint density at radius 1 is 1.14 bits per heavy atom. The summed E-state index contributed by atoms with van der Waals surface area (Å²) in [5, 5.41) is 3.91. The summed E-state index contributed by atoms with van der Waals surface area (Å²) in [6, 6.07) is 3.80. The van der Waals surface area contributed by atoms with Crippen LogP contribution in [0.5, 0.6) is 11.8 Å². The minimum absolute atomic E-state index is 0.0593. The van der Waals surface area contributed by atoms with Crippen LogP contribution in [0.3, 0.4) is 0 Å². The molecule has 4 heterocycles. The standard InChI is InChI=1S/C26H33N7O3/c1-3-32-8-10-33(11-9-32)14-16-12-19(16)24(34)31-21-7-6-18-20(13-27-23(18)30-21)22-25(35-2)28-15-29-26(22)36-17-4-5-17/h6-7,13,15-17,19H,3-5,8-12,14H2,1-2H3,(H2,27,30,31,34)/t16-,19+/m0/s1. The Hall–Kier alpha value is -3.24. The molecule has 0 unspecified atom stereocenters. The second kappa shape index (κ2) is 9.67. The van der Waals surface area contributed by atoms with Gasteiger partial charge >= 0.3 is 0 Å². The number of aromatic amines is 1. The number of ether oxygens (including phenoxy) is 2. The van der Waals surface area contributed by atoms with Crippen molar-refractivity contribution in [2.45, 2.75) is 32.3 Å². The fourth-order valence-corrected chi connectivity index (χ4v) is 5.06. The first-order valence-corrected chi connectivity index (χ1v) is 12.9. The van der Waals surface area contributed by atoms with Gasteiger partial charge in [-0.2, -0.15) is 0 Å². The summed E-state index contributed by atoms with van der Waals surface area (Å²) in [5.74, 6) is 2.08. The molecule has 3 aromatic rings. The Labute approximate surface area is 210 Å². The number of nitrogens with one attached hydrogen (secondary N) is 2. The van der Waals surface area contributed by atoms with Gasteiger partial charge in [0.25, 0.3) is 0 Å². The van der Waals surface area contributed by atoms with E-state index in [0.717, 1.165) is 69.5 Å². The Bertz CT molecular complexity index is 1250. The smallest absolute Gasteiger partial charge is 0.228 e. The molecule has 6 rings (SSSR count). The van der Waals surface area contributed by atoms with Crippen molar-refractivity contribution in [1.82, 2.24) is 29.7 Å². The molecule has 0 spiro atoms. The highest BCUT2D eigenvalue weighted by Crippen LogP contribution is 2.42. The van der Waals surface area contributed by atoms with Crippen molar-refractivity contribution in [2.24, 2.45) is 11.8 Å². The predicted octanol–water partition coefficient (Wildman–Crippen LogP) is 2.78. The molecular weight excluding hydrogens is 458 g/mol. The zero-order valence-corrected chi connectivity index (χ0v) is 20.9. The molecule has 0 radical (unpaired) electrons. The third-order valence-corrected chi connectivity index (χ3v) is 7.50. The lowest BCUT2D eigenvalue weighted by molar-refractivity contribution is -0.117. The molecule has 10 nitrogen and oxygen atoms in total. The van der Waals surface area contributed by atoms with Gasteiger partial charge in [0.05, 0.1) is 7.11 Å². The Morgan fingerprint density at radius 3 is 2.67 bits per heavy atom. The molecule has 1 aliphatic heterocycles. The molecule has 2 atom stereocenters. The number of carbonyl (C=O) groups excluding carboxylic acids is 1. The zero-order chi connectivity index (χ0) is 24.6. The number of piperazine rings is 1. The molecule has 190 valence electrons. The predicted molar refractivity (Wildman–Crippen MR) is 136 cm³/mol. The third-order valence-electron chi connectivity index (χ3n) is 7.50. The molecule has 2 aliphatic carbocycles. The van der Waals surface area contributed by atoms with Gasteiger partial charge in [-0.25, -0.2) is 15.0 Å². The molecule has 0 aromatic carbocycles. The van der Waals surface area contributed by atoms with Crippen LogP contribution < -0.4 is 14.8 Å². The summed E-state index contributed by atoms with van der Waals surface area (Å²) >= 11 is 0. The van der Waals surface area contributed by atoms with E-state index in [2.05, 4.69) is 42.0 Å². The van der Waals surface area contributed by atoms with Crippen molar-refractivity contribution in [3.8, 4) is 22.9 Å². The van der Waals surface area contributed by atoms with Gasteiger partial charge in [0.2, 0.25) is 17.7 Å². The van der Waals surface area contributed by atoms with Crippen molar-refractivity contribution in [3.05, 3.63) is 24.7 Å². The van der Waals surface area contributed by atoms with Gasteiger partial charge in [-0.15, -0.1) is 0 Å². The molecule has 36 heavy (non-hydrogen) atoms. The van der Waals surface area contributed by atoms with E-state index in [4.69, 9.17) is 9.47 Å². The number of likely N-dealkylation sites (N-methyl/N-ethyl adjacent to an activating group) is 1. The molecule has 1 saturated heterocycles. The minimum atomic E-state index is 0.0593. The van der Waals surface area contributed by atoms with Crippen LogP contribution >= 0.6 is 0 Å². The number of pyridine rings is 1. The Kier molecular flexibility index (Phi) is 6.22. The van der Waals surface area contributed by atoms with E-state index in [9.17, 15) is 4.79 Å². The van der Waals surface area contributed by atoms with Crippen LogP contribution in [0.4, 0.5) is 5.82 Å². The van der Waals surface area contributed by atoms with E-state index in [1.807, 2.05) is 18.3 Å². The topological polar surface area (TPSA) is 109 Å². The summed E-state index contributed by atoms with van der Waals surface area (Å²) < 4.78 is 11.5. The number of fused-ring (bicyclic) bond motifs is 1. The average Bonchev–Trinajstić information content (AvgIpc) is 3.83. The van der Waals surface area contributed by atoms with Gasteiger partial charge in [0, 0.05) is 55.8 Å². The van der Waals surface area contributed by atoms with Crippen molar-refractivity contribution < 1.29 is 14.3 Å². The molecule has 3 aliphatic rings. The summed E-state index contributed by atoms with van der Waals surface area (Å²) in [5.41, 5.74) is 2.23. The van der Waals surface area contributed by atoms with Crippen LogP contribution in [0.15, 0.2) is 24.7 Å². The fourth-order valence-electron chi connectivity index (χ4n) is 5.06. The first-order chi connectivity index (χ1) is 17.6.